The van der Waals surface area contributed by atoms with Crippen molar-refractivity contribution in [1.82, 2.24) is 14.9 Å². The SMILES string of the molecule is CCCn1c(CCC(=O)NC(C)c2ccccc2)nc2cc(S(N)(=O)=O)ccc21. The summed E-state index contributed by atoms with van der Waals surface area (Å²) in [5.41, 5.74) is 2.46. The van der Waals surface area contributed by atoms with Crippen LogP contribution in [0.2, 0.25) is 0 Å². The first-order valence-corrected chi connectivity index (χ1v) is 11.2. The smallest absolute Gasteiger partial charge is 0.238 e. The van der Waals surface area contributed by atoms with Crippen LogP contribution in [-0.4, -0.2) is 23.9 Å². The molecule has 3 aromatic rings. The van der Waals surface area contributed by atoms with Gasteiger partial charge in [0.1, 0.15) is 5.82 Å². The predicted molar refractivity (Wildman–Crippen MR) is 113 cm³/mol. The largest absolute Gasteiger partial charge is 0.350 e. The highest BCUT2D eigenvalue weighted by molar-refractivity contribution is 7.89. The van der Waals surface area contributed by atoms with Gasteiger partial charge in [-0.25, -0.2) is 18.5 Å². The molecule has 1 heterocycles. The van der Waals surface area contributed by atoms with Crippen LogP contribution in [-0.2, 0) is 27.8 Å². The number of hydrogen-bond donors (Lipinski definition) is 2. The summed E-state index contributed by atoms with van der Waals surface area (Å²) in [7, 11) is -3.79. The second kappa shape index (κ2) is 8.75. The van der Waals surface area contributed by atoms with E-state index in [0.717, 1.165) is 29.9 Å². The molecule has 1 atom stereocenters. The van der Waals surface area contributed by atoms with Gasteiger partial charge in [0.15, 0.2) is 0 Å². The van der Waals surface area contributed by atoms with E-state index >= 15 is 0 Å². The van der Waals surface area contributed by atoms with Crippen LogP contribution in [0, 0.1) is 0 Å². The van der Waals surface area contributed by atoms with Gasteiger partial charge in [0.25, 0.3) is 0 Å². The highest BCUT2D eigenvalue weighted by Gasteiger charge is 2.16. The maximum absolute atomic E-state index is 12.4. The summed E-state index contributed by atoms with van der Waals surface area (Å²) < 4.78 is 25.3. The topological polar surface area (TPSA) is 107 Å². The van der Waals surface area contributed by atoms with Crippen molar-refractivity contribution >= 4 is 27.0 Å². The van der Waals surface area contributed by atoms with Crippen LogP contribution in [0.4, 0.5) is 0 Å². The van der Waals surface area contributed by atoms with Gasteiger partial charge in [0.05, 0.1) is 22.0 Å². The Morgan fingerprint density at radius 3 is 2.59 bits per heavy atom. The third-order valence-electron chi connectivity index (χ3n) is 4.83. The standard InChI is InChI=1S/C21H26N4O3S/c1-3-13-25-19-10-9-17(29(22,27)28)14-18(19)24-20(25)11-12-21(26)23-15(2)16-7-5-4-6-8-16/h4-10,14-15H,3,11-13H2,1-2H3,(H,23,26)(H2,22,27,28). The molecule has 0 aliphatic heterocycles. The molecule has 2 aromatic carbocycles. The lowest BCUT2D eigenvalue weighted by atomic mass is 10.1. The molecule has 1 unspecified atom stereocenters. The zero-order chi connectivity index (χ0) is 21.0. The van der Waals surface area contributed by atoms with Crippen LogP contribution in [0.15, 0.2) is 53.4 Å². The molecular formula is C21H26N4O3S. The Hall–Kier alpha value is -2.71. The molecule has 0 saturated carbocycles. The number of aryl methyl sites for hydroxylation is 2. The number of aromatic nitrogens is 2. The minimum atomic E-state index is -3.79. The van der Waals surface area contributed by atoms with Gasteiger partial charge in [-0.05, 0) is 37.1 Å². The molecule has 8 heteroatoms. The molecule has 0 radical (unpaired) electrons. The van der Waals surface area contributed by atoms with Crippen molar-refractivity contribution in [3.05, 3.63) is 59.9 Å². The van der Waals surface area contributed by atoms with E-state index in [1.165, 1.54) is 12.1 Å². The second-order valence-corrected chi connectivity index (χ2v) is 8.64. The molecular weight excluding hydrogens is 388 g/mol. The van der Waals surface area contributed by atoms with Gasteiger partial charge in [-0.1, -0.05) is 37.3 Å². The van der Waals surface area contributed by atoms with Gasteiger partial charge in [0.2, 0.25) is 15.9 Å². The Labute approximate surface area is 171 Å². The first kappa shape index (κ1) is 21.0. The number of nitrogens with zero attached hydrogens (tertiary/aromatic N) is 2. The van der Waals surface area contributed by atoms with E-state index in [-0.39, 0.29) is 16.8 Å². The van der Waals surface area contributed by atoms with E-state index in [1.807, 2.05) is 41.8 Å². The lowest BCUT2D eigenvalue weighted by Gasteiger charge is -2.14. The van der Waals surface area contributed by atoms with Crippen LogP contribution in [0.3, 0.4) is 0 Å². The van der Waals surface area contributed by atoms with Crippen molar-refractivity contribution < 1.29 is 13.2 Å². The van der Waals surface area contributed by atoms with Crippen molar-refractivity contribution in [2.24, 2.45) is 5.14 Å². The molecule has 3 rings (SSSR count). The van der Waals surface area contributed by atoms with E-state index in [0.29, 0.717) is 18.4 Å². The lowest BCUT2D eigenvalue weighted by Crippen LogP contribution is -2.27. The number of benzene rings is 2. The first-order chi connectivity index (χ1) is 13.8. The zero-order valence-corrected chi connectivity index (χ0v) is 17.4. The van der Waals surface area contributed by atoms with Crippen LogP contribution in [0.25, 0.3) is 11.0 Å². The van der Waals surface area contributed by atoms with Gasteiger partial charge in [0, 0.05) is 19.4 Å². The van der Waals surface area contributed by atoms with Gasteiger partial charge in [-0.3, -0.25) is 4.79 Å². The number of carbonyl (C=O) groups excluding carboxylic acids is 1. The Balaban J connectivity index is 1.76. The predicted octanol–water partition coefficient (Wildman–Crippen LogP) is 2.90. The number of nitrogens with two attached hydrogens (primary N) is 1. The van der Waals surface area contributed by atoms with E-state index < -0.39 is 10.0 Å². The first-order valence-electron chi connectivity index (χ1n) is 9.66. The minimum absolute atomic E-state index is 0.0344. The number of carbonyl (C=O) groups is 1. The van der Waals surface area contributed by atoms with Crippen LogP contribution in [0.1, 0.15) is 44.1 Å². The number of nitrogens with one attached hydrogen (secondary N) is 1. The lowest BCUT2D eigenvalue weighted by molar-refractivity contribution is -0.121. The summed E-state index contributed by atoms with van der Waals surface area (Å²) in [6.45, 7) is 4.75. The molecule has 0 bridgehead atoms. The number of fused-ring (bicyclic) bond motifs is 1. The summed E-state index contributed by atoms with van der Waals surface area (Å²) in [6, 6.07) is 14.4. The molecule has 7 nitrogen and oxygen atoms in total. The normalized spacial score (nSPS) is 12.8. The Morgan fingerprint density at radius 1 is 1.21 bits per heavy atom. The Bertz CT molecular complexity index is 1110. The number of imidazole rings is 1. The molecule has 154 valence electrons. The summed E-state index contributed by atoms with van der Waals surface area (Å²) in [4.78, 5) is 17.0. The summed E-state index contributed by atoms with van der Waals surface area (Å²) in [5.74, 6) is 0.706. The van der Waals surface area contributed by atoms with Gasteiger partial charge in [-0.15, -0.1) is 0 Å². The summed E-state index contributed by atoms with van der Waals surface area (Å²) >= 11 is 0. The molecule has 29 heavy (non-hydrogen) atoms. The molecule has 0 aliphatic rings. The van der Waals surface area contributed by atoms with Gasteiger partial charge in [-0.2, -0.15) is 0 Å². The summed E-state index contributed by atoms with van der Waals surface area (Å²) in [5, 5.41) is 8.24. The van der Waals surface area contributed by atoms with E-state index in [4.69, 9.17) is 5.14 Å². The Morgan fingerprint density at radius 2 is 1.93 bits per heavy atom. The van der Waals surface area contributed by atoms with E-state index in [9.17, 15) is 13.2 Å². The monoisotopic (exact) mass is 414 g/mol. The van der Waals surface area contributed by atoms with Crippen LogP contribution >= 0.6 is 0 Å². The zero-order valence-electron chi connectivity index (χ0n) is 16.6. The van der Waals surface area contributed by atoms with E-state index in [2.05, 4.69) is 17.2 Å². The highest BCUT2D eigenvalue weighted by Crippen LogP contribution is 2.21. The molecule has 0 saturated heterocycles. The fourth-order valence-electron chi connectivity index (χ4n) is 3.36. The van der Waals surface area contributed by atoms with E-state index in [1.54, 1.807) is 6.07 Å². The number of sulfonamides is 1. The average molecular weight is 415 g/mol. The third-order valence-corrected chi connectivity index (χ3v) is 5.74. The van der Waals surface area contributed by atoms with Gasteiger partial charge < -0.3 is 9.88 Å². The number of hydrogen-bond acceptors (Lipinski definition) is 4. The molecule has 3 N–H and O–H groups in total. The number of primary sulfonamides is 1. The maximum Gasteiger partial charge on any atom is 0.238 e. The maximum atomic E-state index is 12.4. The second-order valence-electron chi connectivity index (χ2n) is 7.08. The molecule has 1 aromatic heterocycles. The minimum Gasteiger partial charge on any atom is -0.350 e. The highest BCUT2D eigenvalue weighted by atomic mass is 32.2. The van der Waals surface area contributed by atoms with Crippen molar-refractivity contribution in [3.8, 4) is 0 Å². The van der Waals surface area contributed by atoms with Crippen molar-refractivity contribution in [1.29, 1.82) is 0 Å². The van der Waals surface area contributed by atoms with Gasteiger partial charge >= 0.3 is 0 Å². The average Bonchev–Trinajstić information content (AvgIpc) is 3.03. The van der Waals surface area contributed by atoms with Crippen molar-refractivity contribution in [2.45, 2.75) is 50.6 Å². The third kappa shape index (κ3) is 5.02. The molecule has 1 amide bonds. The quantitative estimate of drug-likeness (QED) is 0.591. The number of amides is 1. The van der Waals surface area contributed by atoms with Crippen LogP contribution < -0.4 is 10.5 Å². The van der Waals surface area contributed by atoms with Crippen molar-refractivity contribution in [3.63, 3.8) is 0 Å². The molecule has 0 spiro atoms. The molecule has 0 aliphatic carbocycles. The fourth-order valence-corrected chi connectivity index (χ4v) is 3.90. The fraction of sp³-hybridized carbons (Fsp3) is 0.333. The van der Waals surface area contributed by atoms with Crippen molar-refractivity contribution in [2.75, 3.05) is 0 Å². The molecule has 0 fully saturated rings. The number of rotatable bonds is 8. The Kier molecular flexibility index (Phi) is 6.34. The summed E-state index contributed by atoms with van der Waals surface area (Å²) in [6.07, 6.45) is 1.66. The van der Waals surface area contributed by atoms with Crippen LogP contribution in [0.5, 0.6) is 0 Å².